The van der Waals surface area contributed by atoms with Gasteiger partial charge in [0.1, 0.15) is 0 Å². The van der Waals surface area contributed by atoms with Gasteiger partial charge in [-0.15, -0.1) is 0 Å². The minimum absolute atomic E-state index is 0.118. The lowest BCUT2D eigenvalue weighted by molar-refractivity contribution is -0.130. The maximum atomic E-state index is 12.2. The van der Waals surface area contributed by atoms with Crippen LogP contribution >= 0.6 is 0 Å². The van der Waals surface area contributed by atoms with Crippen molar-refractivity contribution in [1.29, 1.82) is 0 Å². The van der Waals surface area contributed by atoms with Crippen molar-refractivity contribution in [2.45, 2.75) is 39.8 Å². The van der Waals surface area contributed by atoms with Crippen molar-refractivity contribution in [3.63, 3.8) is 0 Å². The predicted molar refractivity (Wildman–Crippen MR) is 96.8 cm³/mol. The number of hydrogen-bond acceptors (Lipinski definition) is 3. The first-order chi connectivity index (χ1) is 11.7. The molecule has 0 aliphatic carbocycles. The molecule has 3 N–H and O–H groups in total. The SMILES string of the molecule is CCN(Cc1ccccc1)C(=O)CNC(=O)NCC(=O)NC(C)(C)C. The number of urea groups is 1. The summed E-state index contributed by atoms with van der Waals surface area (Å²) in [6.07, 6.45) is 0. The van der Waals surface area contributed by atoms with Crippen molar-refractivity contribution in [3.8, 4) is 0 Å². The van der Waals surface area contributed by atoms with E-state index in [0.29, 0.717) is 13.1 Å². The molecule has 0 bridgehead atoms. The van der Waals surface area contributed by atoms with Crippen molar-refractivity contribution in [3.05, 3.63) is 35.9 Å². The van der Waals surface area contributed by atoms with Gasteiger partial charge < -0.3 is 20.9 Å². The highest BCUT2D eigenvalue weighted by molar-refractivity contribution is 5.87. The maximum Gasteiger partial charge on any atom is 0.315 e. The molecule has 1 aromatic rings. The molecule has 0 radical (unpaired) electrons. The number of nitrogens with zero attached hydrogens (tertiary/aromatic N) is 1. The zero-order valence-corrected chi connectivity index (χ0v) is 15.4. The third-order valence-electron chi connectivity index (χ3n) is 3.27. The van der Waals surface area contributed by atoms with Crippen molar-refractivity contribution >= 4 is 17.8 Å². The third kappa shape index (κ3) is 8.74. The molecule has 4 amide bonds. The second-order valence-corrected chi connectivity index (χ2v) is 6.73. The van der Waals surface area contributed by atoms with Gasteiger partial charge >= 0.3 is 6.03 Å². The number of carbonyl (C=O) groups excluding carboxylic acids is 3. The van der Waals surface area contributed by atoms with Crippen LogP contribution in [0.25, 0.3) is 0 Å². The van der Waals surface area contributed by atoms with Gasteiger partial charge in [0.25, 0.3) is 0 Å². The third-order valence-corrected chi connectivity index (χ3v) is 3.27. The molecule has 0 aliphatic heterocycles. The van der Waals surface area contributed by atoms with E-state index in [-0.39, 0.29) is 30.4 Å². The number of hydrogen-bond donors (Lipinski definition) is 3. The molecule has 0 unspecified atom stereocenters. The highest BCUT2D eigenvalue weighted by Crippen LogP contribution is 2.04. The summed E-state index contributed by atoms with van der Waals surface area (Å²) in [5.41, 5.74) is 0.672. The van der Waals surface area contributed by atoms with E-state index >= 15 is 0 Å². The second kappa shape index (κ2) is 9.66. The molecular formula is C18H28N4O3. The Morgan fingerprint density at radius 1 is 1.00 bits per heavy atom. The number of amides is 4. The van der Waals surface area contributed by atoms with Crippen LogP contribution in [0, 0.1) is 0 Å². The fraction of sp³-hybridized carbons (Fsp3) is 0.500. The molecule has 1 rings (SSSR count). The summed E-state index contributed by atoms with van der Waals surface area (Å²) in [6, 6.07) is 9.11. The number of benzene rings is 1. The first kappa shape index (κ1) is 20.5. The molecule has 0 aromatic heterocycles. The first-order valence-corrected chi connectivity index (χ1v) is 8.35. The average Bonchev–Trinajstić information content (AvgIpc) is 2.55. The van der Waals surface area contributed by atoms with E-state index in [1.165, 1.54) is 0 Å². The highest BCUT2D eigenvalue weighted by Gasteiger charge is 2.16. The monoisotopic (exact) mass is 348 g/mol. The van der Waals surface area contributed by atoms with Gasteiger partial charge in [0.05, 0.1) is 13.1 Å². The van der Waals surface area contributed by atoms with E-state index in [9.17, 15) is 14.4 Å². The van der Waals surface area contributed by atoms with Crippen LogP contribution < -0.4 is 16.0 Å². The average molecular weight is 348 g/mol. The normalized spacial score (nSPS) is 10.7. The van der Waals surface area contributed by atoms with Gasteiger partial charge in [-0.25, -0.2) is 4.79 Å². The van der Waals surface area contributed by atoms with Gasteiger partial charge in [-0.3, -0.25) is 9.59 Å². The maximum absolute atomic E-state index is 12.2. The molecule has 0 spiro atoms. The van der Waals surface area contributed by atoms with E-state index in [1.807, 2.05) is 58.0 Å². The van der Waals surface area contributed by atoms with E-state index in [1.54, 1.807) is 4.90 Å². The summed E-state index contributed by atoms with van der Waals surface area (Å²) in [5, 5.41) is 7.65. The summed E-state index contributed by atoms with van der Waals surface area (Å²) in [5.74, 6) is -0.464. The molecule has 138 valence electrons. The van der Waals surface area contributed by atoms with Crippen LogP contribution in [0.1, 0.15) is 33.3 Å². The Kier molecular flexibility index (Phi) is 7.91. The van der Waals surface area contributed by atoms with Gasteiger partial charge in [-0.05, 0) is 33.3 Å². The summed E-state index contributed by atoms with van der Waals surface area (Å²) < 4.78 is 0. The quantitative estimate of drug-likeness (QED) is 0.693. The van der Waals surface area contributed by atoms with E-state index in [0.717, 1.165) is 5.56 Å². The van der Waals surface area contributed by atoms with Crippen molar-refractivity contribution < 1.29 is 14.4 Å². The molecule has 0 fully saturated rings. The number of rotatable bonds is 7. The van der Waals surface area contributed by atoms with Crippen molar-refractivity contribution in [1.82, 2.24) is 20.9 Å². The lowest BCUT2D eigenvalue weighted by Crippen LogP contribution is -2.49. The summed E-state index contributed by atoms with van der Waals surface area (Å²) in [6.45, 7) is 8.24. The molecule has 0 aliphatic rings. The Balaban J connectivity index is 2.36. The molecule has 0 atom stereocenters. The molecule has 0 saturated heterocycles. The standard InChI is InChI=1S/C18H28N4O3/c1-5-22(13-14-9-7-6-8-10-14)16(24)12-20-17(25)19-11-15(23)21-18(2,3)4/h6-10H,5,11-13H2,1-4H3,(H,21,23)(H2,19,20,25). The van der Waals surface area contributed by atoms with Crippen LogP contribution in [0.15, 0.2) is 30.3 Å². The van der Waals surface area contributed by atoms with Gasteiger partial charge in [0.2, 0.25) is 11.8 Å². The molecule has 1 aromatic carbocycles. The number of nitrogens with one attached hydrogen (secondary N) is 3. The lowest BCUT2D eigenvalue weighted by Gasteiger charge is -2.22. The van der Waals surface area contributed by atoms with Crippen molar-refractivity contribution in [2.24, 2.45) is 0 Å². The van der Waals surface area contributed by atoms with E-state index in [2.05, 4.69) is 16.0 Å². The largest absolute Gasteiger partial charge is 0.350 e. The topological polar surface area (TPSA) is 90.5 Å². The zero-order chi connectivity index (χ0) is 18.9. The molecule has 7 nitrogen and oxygen atoms in total. The van der Waals surface area contributed by atoms with Gasteiger partial charge in [0.15, 0.2) is 0 Å². The predicted octanol–water partition coefficient (Wildman–Crippen LogP) is 1.25. The van der Waals surface area contributed by atoms with Crippen LogP contribution in [-0.2, 0) is 16.1 Å². The Morgan fingerprint density at radius 2 is 1.60 bits per heavy atom. The van der Waals surface area contributed by atoms with Gasteiger partial charge in [-0.2, -0.15) is 0 Å². The molecule has 25 heavy (non-hydrogen) atoms. The van der Waals surface area contributed by atoms with Crippen LogP contribution in [0.4, 0.5) is 4.79 Å². The molecule has 7 heteroatoms. The fourth-order valence-corrected chi connectivity index (χ4v) is 2.13. The first-order valence-electron chi connectivity index (χ1n) is 8.35. The summed E-state index contributed by atoms with van der Waals surface area (Å²) in [7, 11) is 0. The minimum Gasteiger partial charge on any atom is -0.350 e. The smallest absolute Gasteiger partial charge is 0.315 e. The van der Waals surface area contributed by atoms with Crippen LogP contribution in [0.5, 0.6) is 0 Å². The van der Waals surface area contributed by atoms with Crippen LogP contribution in [-0.4, -0.2) is 47.9 Å². The Hall–Kier alpha value is -2.57. The Bertz CT molecular complexity index is 582. The lowest BCUT2D eigenvalue weighted by atomic mass is 10.1. The highest BCUT2D eigenvalue weighted by atomic mass is 16.2. The Morgan fingerprint density at radius 3 is 2.16 bits per heavy atom. The summed E-state index contributed by atoms with van der Waals surface area (Å²) in [4.78, 5) is 37.2. The Labute approximate surface area is 149 Å². The second-order valence-electron chi connectivity index (χ2n) is 6.73. The molecule has 0 saturated carbocycles. The van der Waals surface area contributed by atoms with Gasteiger partial charge in [0, 0.05) is 18.6 Å². The number of likely N-dealkylation sites (N-methyl/N-ethyl adjacent to an activating group) is 1. The fourth-order valence-electron chi connectivity index (χ4n) is 2.13. The van der Waals surface area contributed by atoms with E-state index in [4.69, 9.17) is 0 Å². The molecular weight excluding hydrogens is 320 g/mol. The molecule has 0 heterocycles. The van der Waals surface area contributed by atoms with Crippen molar-refractivity contribution in [2.75, 3.05) is 19.6 Å². The van der Waals surface area contributed by atoms with Crippen LogP contribution in [0.3, 0.4) is 0 Å². The number of carbonyl (C=O) groups is 3. The summed E-state index contributed by atoms with van der Waals surface area (Å²) >= 11 is 0. The van der Waals surface area contributed by atoms with E-state index < -0.39 is 6.03 Å². The minimum atomic E-state index is -0.548. The van der Waals surface area contributed by atoms with Gasteiger partial charge in [-0.1, -0.05) is 30.3 Å². The van der Waals surface area contributed by atoms with Crippen LogP contribution in [0.2, 0.25) is 0 Å². The zero-order valence-electron chi connectivity index (χ0n) is 15.4.